The van der Waals surface area contributed by atoms with Crippen LogP contribution in [-0.2, 0) is 4.74 Å². The molecule has 0 amide bonds. The van der Waals surface area contributed by atoms with Crippen molar-refractivity contribution in [3.8, 4) is 0 Å². The zero-order valence-corrected chi connectivity index (χ0v) is 10.9. The van der Waals surface area contributed by atoms with Crippen LogP contribution in [0.1, 0.15) is 12.8 Å². The third-order valence-electron chi connectivity index (χ3n) is 2.91. The van der Waals surface area contributed by atoms with Crippen LogP contribution < -0.4 is 5.32 Å². The summed E-state index contributed by atoms with van der Waals surface area (Å²) in [6.45, 7) is 8.51. The first-order valence-electron chi connectivity index (χ1n) is 6.44. The maximum absolute atomic E-state index is 5.50. The molecule has 0 bridgehead atoms. The topological polar surface area (TPSA) is 27.7 Å². The van der Waals surface area contributed by atoms with Gasteiger partial charge in [0.2, 0.25) is 0 Å². The lowest BCUT2D eigenvalue weighted by molar-refractivity contribution is 0.119. The smallest absolute Gasteiger partial charge is 0.0593 e. The number of likely N-dealkylation sites (tertiary alicyclic amines) is 1. The third-order valence-corrected chi connectivity index (χ3v) is 2.91. The minimum absolute atomic E-state index is 0.827. The predicted octanol–water partition coefficient (Wildman–Crippen LogP) is 0.250. The van der Waals surface area contributed by atoms with Crippen LogP contribution in [0.2, 0.25) is 0 Å². The van der Waals surface area contributed by atoms with Gasteiger partial charge in [0.25, 0.3) is 0 Å². The van der Waals surface area contributed by atoms with E-state index < -0.39 is 0 Å². The zero-order chi connectivity index (χ0) is 11.6. The molecule has 1 aliphatic rings. The predicted molar refractivity (Wildman–Crippen MR) is 67.9 cm³/mol. The summed E-state index contributed by atoms with van der Waals surface area (Å²) in [6, 6.07) is 0. The van der Waals surface area contributed by atoms with Crippen molar-refractivity contribution in [3.63, 3.8) is 0 Å². The monoisotopic (exact) mass is 229 g/mol. The second-order valence-corrected chi connectivity index (χ2v) is 4.71. The molecule has 96 valence electrons. The van der Waals surface area contributed by atoms with Crippen LogP contribution in [0.3, 0.4) is 0 Å². The van der Waals surface area contributed by atoms with E-state index in [9.17, 15) is 0 Å². The Labute approximate surface area is 99.9 Å². The largest absolute Gasteiger partial charge is 0.379 e. The first-order valence-corrected chi connectivity index (χ1v) is 6.44. The van der Waals surface area contributed by atoms with Gasteiger partial charge in [-0.15, -0.1) is 0 Å². The van der Waals surface area contributed by atoms with Gasteiger partial charge in [-0.25, -0.2) is 0 Å². The molecule has 16 heavy (non-hydrogen) atoms. The molecule has 4 heteroatoms. The fourth-order valence-electron chi connectivity index (χ4n) is 1.86. The molecule has 4 nitrogen and oxygen atoms in total. The van der Waals surface area contributed by atoms with Gasteiger partial charge in [-0.3, -0.25) is 0 Å². The minimum atomic E-state index is 0.827. The van der Waals surface area contributed by atoms with Crippen LogP contribution in [-0.4, -0.2) is 76.4 Å². The first kappa shape index (κ1) is 13.9. The molecule has 0 radical (unpaired) electrons. The van der Waals surface area contributed by atoms with Crippen molar-refractivity contribution in [1.29, 1.82) is 0 Å². The third kappa shape index (κ3) is 7.17. The van der Waals surface area contributed by atoms with E-state index in [1.165, 1.54) is 32.5 Å². The van der Waals surface area contributed by atoms with E-state index in [4.69, 9.17) is 4.74 Å². The summed E-state index contributed by atoms with van der Waals surface area (Å²) < 4.78 is 5.50. The summed E-state index contributed by atoms with van der Waals surface area (Å²) in [5.74, 6) is 0. The van der Waals surface area contributed by atoms with E-state index in [1.54, 1.807) is 0 Å². The molecule has 0 spiro atoms. The van der Waals surface area contributed by atoms with Crippen molar-refractivity contribution in [2.45, 2.75) is 12.8 Å². The second-order valence-electron chi connectivity index (χ2n) is 4.71. The van der Waals surface area contributed by atoms with E-state index in [2.05, 4.69) is 29.2 Å². The lowest BCUT2D eigenvalue weighted by Gasteiger charge is -2.15. The van der Waals surface area contributed by atoms with Gasteiger partial charge in [-0.2, -0.15) is 0 Å². The number of hydrogen-bond acceptors (Lipinski definition) is 4. The Morgan fingerprint density at radius 1 is 1.12 bits per heavy atom. The van der Waals surface area contributed by atoms with Gasteiger partial charge in [0.1, 0.15) is 0 Å². The number of rotatable bonds is 9. The van der Waals surface area contributed by atoms with Gasteiger partial charge >= 0.3 is 0 Å². The molecule has 1 heterocycles. The standard InChI is InChI=1S/C12H27N3O/c1-14(2)10-12-16-11-6-13-5-9-15-7-3-4-8-15/h13H,3-12H2,1-2H3. The number of nitrogens with zero attached hydrogens (tertiary/aromatic N) is 2. The number of nitrogens with one attached hydrogen (secondary N) is 1. The van der Waals surface area contributed by atoms with E-state index >= 15 is 0 Å². The molecule has 0 aromatic carbocycles. The van der Waals surface area contributed by atoms with Gasteiger partial charge in [-0.1, -0.05) is 0 Å². The molecule has 0 aromatic rings. The average molecular weight is 229 g/mol. The highest BCUT2D eigenvalue weighted by Gasteiger charge is 2.09. The van der Waals surface area contributed by atoms with E-state index in [0.29, 0.717) is 0 Å². The molecule has 0 unspecified atom stereocenters. The fourth-order valence-corrected chi connectivity index (χ4v) is 1.86. The van der Waals surface area contributed by atoms with Gasteiger partial charge in [0, 0.05) is 26.2 Å². The van der Waals surface area contributed by atoms with Gasteiger partial charge < -0.3 is 19.9 Å². The molecule has 1 N–H and O–H groups in total. The zero-order valence-electron chi connectivity index (χ0n) is 10.9. The quantitative estimate of drug-likeness (QED) is 0.574. The van der Waals surface area contributed by atoms with Gasteiger partial charge in [0.05, 0.1) is 13.2 Å². The molecule has 0 saturated carbocycles. The molecular formula is C12H27N3O. The molecule has 1 saturated heterocycles. The van der Waals surface area contributed by atoms with Crippen LogP contribution in [0.5, 0.6) is 0 Å². The molecule has 1 rings (SSSR count). The van der Waals surface area contributed by atoms with Crippen LogP contribution in [0.15, 0.2) is 0 Å². The highest BCUT2D eigenvalue weighted by Crippen LogP contribution is 2.05. The maximum Gasteiger partial charge on any atom is 0.0593 e. The molecule has 1 aliphatic heterocycles. The van der Waals surface area contributed by atoms with E-state index in [-0.39, 0.29) is 0 Å². The second kappa shape index (κ2) is 8.93. The molecule has 0 aliphatic carbocycles. The van der Waals surface area contributed by atoms with E-state index in [0.717, 1.165) is 32.8 Å². The van der Waals surface area contributed by atoms with Crippen molar-refractivity contribution in [1.82, 2.24) is 15.1 Å². The average Bonchev–Trinajstić information content (AvgIpc) is 2.74. The maximum atomic E-state index is 5.50. The summed E-state index contributed by atoms with van der Waals surface area (Å²) in [5, 5.41) is 3.42. The molecule has 0 aromatic heterocycles. The van der Waals surface area contributed by atoms with E-state index in [1.807, 2.05) is 0 Å². The Hall–Kier alpha value is -0.160. The lowest BCUT2D eigenvalue weighted by Crippen LogP contribution is -2.32. The Kier molecular flexibility index (Phi) is 7.76. The Morgan fingerprint density at radius 2 is 1.88 bits per heavy atom. The summed E-state index contributed by atoms with van der Waals surface area (Å²) in [7, 11) is 4.13. The highest BCUT2D eigenvalue weighted by atomic mass is 16.5. The number of hydrogen-bond donors (Lipinski definition) is 1. The fraction of sp³-hybridized carbons (Fsp3) is 1.00. The minimum Gasteiger partial charge on any atom is -0.379 e. The summed E-state index contributed by atoms with van der Waals surface area (Å²) in [4.78, 5) is 4.67. The van der Waals surface area contributed by atoms with Crippen molar-refractivity contribution < 1.29 is 4.74 Å². The molecular weight excluding hydrogens is 202 g/mol. The van der Waals surface area contributed by atoms with Crippen LogP contribution in [0.25, 0.3) is 0 Å². The normalized spacial score (nSPS) is 17.4. The van der Waals surface area contributed by atoms with Crippen LogP contribution in [0.4, 0.5) is 0 Å². The summed E-state index contributed by atoms with van der Waals surface area (Å²) in [5.41, 5.74) is 0. The van der Waals surface area contributed by atoms with Crippen molar-refractivity contribution in [2.24, 2.45) is 0 Å². The Bertz CT molecular complexity index is 158. The number of likely N-dealkylation sites (N-methyl/N-ethyl adjacent to an activating group) is 1. The highest BCUT2D eigenvalue weighted by molar-refractivity contribution is 4.66. The summed E-state index contributed by atoms with van der Waals surface area (Å²) in [6.07, 6.45) is 2.77. The Balaban J connectivity index is 1.74. The number of ether oxygens (including phenoxy) is 1. The SMILES string of the molecule is CN(C)CCOCCNCCN1CCCC1. The Morgan fingerprint density at radius 3 is 2.56 bits per heavy atom. The van der Waals surface area contributed by atoms with Crippen molar-refractivity contribution in [2.75, 3.05) is 66.6 Å². The van der Waals surface area contributed by atoms with Crippen molar-refractivity contribution >= 4 is 0 Å². The summed E-state index contributed by atoms with van der Waals surface area (Å²) >= 11 is 0. The van der Waals surface area contributed by atoms with Crippen LogP contribution >= 0.6 is 0 Å². The molecule has 0 atom stereocenters. The first-order chi connectivity index (χ1) is 7.79. The van der Waals surface area contributed by atoms with Gasteiger partial charge in [-0.05, 0) is 40.0 Å². The van der Waals surface area contributed by atoms with Crippen LogP contribution in [0, 0.1) is 0 Å². The van der Waals surface area contributed by atoms with Crippen molar-refractivity contribution in [3.05, 3.63) is 0 Å². The lowest BCUT2D eigenvalue weighted by atomic mass is 10.4. The van der Waals surface area contributed by atoms with Gasteiger partial charge in [0.15, 0.2) is 0 Å². The molecule has 1 fully saturated rings.